The van der Waals surface area contributed by atoms with E-state index >= 15 is 0 Å². The number of aromatic nitrogens is 6. The zero-order valence-electron chi connectivity index (χ0n) is 24.1. The number of ether oxygens (including phenoxy) is 1. The second-order valence-electron chi connectivity index (χ2n) is 10.7. The molecule has 0 atom stereocenters. The van der Waals surface area contributed by atoms with Gasteiger partial charge in [-0.15, -0.1) is 0 Å². The first kappa shape index (κ1) is 27.2. The Morgan fingerprint density at radius 2 is 1.85 bits per heavy atom. The van der Waals surface area contributed by atoms with Crippen LogP contribution in [-0.2, 0) is 18.2 Å². The van der Waals surface area contributed by atoms with Gasteiger partial charge in [0.05, 0.1) is 54.4 Å². The standard InChI is InChI=1S/C30H33N7O3S/c1-17(2)28-27-18(3)29(30(38)36-9-11-41(39)12-10-36)35(5)24(27)14-26(34-28)37-23-13-22(33-19(4)20(23)16-32-37)21-15-31-8-7-25(21)40-6/h7-8,13-17H,9-12H2,1-6H3. The molecular weight excluding hydrogens is 538 g/mol. The molecule has 41 heavy (non-hydrogen) atoms. The van der Waals surface area contributed by atoms with Crippen molar-refractivity contribution in [1.82, 2.24) is 34.2 Å². The van der Waals surface area contributed by atoms with E-state index in [1.165, 1.54) is 0 Å². The van der Waals surface area contributed by atoms with Crippen LogP contribution in [0.3, 0.4) is 0 Å². The Morgan fingerprint density at radius 3 is 2.56 bits per heavy atom. The predicted molar refractivity (Wildman–Crippen MR) is 160 cm³/mol. The molecular formula is C30H33N7O3S. The van der Waals surface area contributed by atoms with Crippen molar-refractivity contribution in [2.75, 3.05) is 31.7 Å². The molecule has 5 aromatic rings. The van der Waals surface area contributed by atoms with Gasteiger partial charge in [-0.25, -0.2) is 9.67 Å². The molecule has 1 saturated heterocycles. The minimum atomic E-state index is -0.854. The average Bonchev–Trinajstić information content (AvgIpc) is 3.51. The van der Waals surface area contributed by atoms with E-state index in [2.05, 4.69) is 18.8 Å². The molecule has 0 bridgehead atoms. The molecule has 1 aliphatic rings. The molecule has 1 fully saturated rings. The highest BCUT2D eigenvalue weighted by molar-refractivity contribution is 7.91. The molecule has 0 spiro atoms. The van der Waals surface area contributed by atoms with Crippen LogP contribution in [0.15, 0.2) is 36.8 Å². The lowest BCUT2D eigenvalue weighted by molar-refractivity contribution is 0.0760. The number of amides is 1. The Labute approximate surface area is 241 Å². The Bertz CT molecular complexity index is 1800. The smallest absolute Gasteiger partial charge is 0.271 e. The number of carbonyl (C=O) groups is 1. The maximum absolute atomic E-state index is 13.7. The molecule has 5 aromatic heterocycles. The van der Waals surface area contributed by atoms with E-state index in [1.807, 2.05) is 59.4 Å². The van der Waals surface area contributed by atoms with Gasteiger partial charge in [0.1, 0.15) is 22.9 Å². The first-order valence-electron chi connectivity index (χ1n) is 13.7. The molecule has 0 aliphatic carbocycles. The van der Waals surface area contributed by atoms with Crippen molar-refractivity contribution in [2.24, 2.45) is 7.05 Å². The number of hydrogen-bond acceptors (Lipinski definition) is 7. The maximum atomic E-state index is 13.7. The van der Waals surface area contributed by atoms with Crippen molar-refractivity contribution >= 4 is 38.9 Å². The van der Waals surface area contributed by atoms with Gasteiger partial charge in [0.25, 0.3) is 5.91 Å². The van der Waals surface area contributed by atoms with Gasteiger partial charge in [0, 0.05) is 42.0 Å². The van der Waals surface area contributed by atoms with Crippen molar-refractivity contribution in [3.63, 3.8) is 0 Å². The number of pyridine rings is 3. The first-order valence-corrected chi connectivity index (χ1v) is 15.2. The highest BCUT2D eigenvalue weighted by Gasteiger charge is 2.30. The fraction of sp³-hybridized carbons (Fsp3) is 0.367. The van der Waals surface area contributed by atoms with Crippen LogP contribution < -0.4 is 4.74 Å². The second-order valence-corrected chi connectivity index (χ2v) is 12.4. The molecule has 0 radical (unpaired) electrons. The second kappa shape index (κ2) is 10.5. The minimum Gasteiger partial charge on any atom is -0.616 e. The van der Waals surface area contributed by atoms with E-state index in [1.54, 1.807) is 19.5 Å². The number of fused-ring (bicyclic) bond motifs is 2. The lowest BCUT2D eigenvalue weighted by Crippen LogP contribution is -2.44. The van der Waals surface area contributed by atoms with Crippen LogP contribution in [0.2, 0.25) is 0 Å². The summed E-state index contributed by atoms with van der Waals surface area (Å²) in [6.45, 7) is 9.19. The van der Waals surface area contributed by atoms with Crippen LogP contribution in [0.1, 0.15) is 47.2 Å². The summed E-state index contributed by atoms with van der Waals surface area (Å²) in [6.07, 6.45) is 5.26. The Kier molecular flexibility index (Phi) is 6.95. The summed E-state index contributed by atoms with van der Waals surface area (Å²) in [4.78, 5) is 29.7. The average molecular weight is 572 g/mol. The summed E-state index contributed by atoms with van der Waals surface area (Å²) < 4.78 is 21.3. The highest BCUT2D eigenvalue weighted by Crippen LogP contribution is 2.35. The molecule has 0 aromatic carbocycles. The Morgan fingerprint density at radius 1 is 1.10 bits per heavy atom. The molecule has 6 heterocycles. The molecule has 10 nitrogen and oxygen atoms in total. The highest BCUT2D eigenvalue weighted by atomic mass is 32.2. The molecule has 0 N–H and O–H groups in total. The van der Waals surface area contributed by atoms with Crippen LogP contribution in [-0.4, -0.2) is 76.4 Å². The fourth-order valence-electron chi connectivity index (χ4n) is 5.75. The van der Waals surface area contributed by atoms with Crippen molar-refractivity contribution < 1.29 is 14.1 Å². The fourth-order valence-corrected chi connectivity index (χ4v) is 6.80. The van der Waals surface area contributed by atoms with Gasteiger partial charge in [0.2, 0.25) is 0 Å². The summed E-state index contributed by atoms with van der Waals surface area (Å²) in [5, 5.41) is 6.65. The monoisotopic (exact) mass is 571 g/mol. The van der Waals surface area contributed by atoms with E-state index in [0.29, 0.717) is 41.9 Å². The van der Waals surface area contributed by atoms with Gasteiger partial charge in [-0.2, -0.15) is 5.10 Å². The zero-order chi connectivity index (χ0) is 29.0. The third-order valence-electron chi connectivity index (χ3n) is 7.91. The molecule has 1 aliphatic heterocycles. The van der Waals surface area contributed by atoms with E-state index < -0.39 is 11.2 Å². The molecule has 212 valence electrons. The van der Waals surface area contributed by atoms with E-state index in [0.717, 1.165) is 50.0 Å². The summed E-state index contributed by atoms with van der Waals surface area (Å²) in [5.41, 5.74) is 6.62. The van der Waals surface area contributed by atoms with E-state index in [9.17, 15) is 9.35 Å². The lowest BCUT2D eigenvalue weighted by Gasteiger charge is -2.28. The van der Waals surface area contributed by atoms with Gasteiger partial charge in [-0.05, 0) is 37.5 Å². The summed E-state index contributed by atoms with van der Waals surface area (Å²) in [5.74, 6) is 2.47. The van der Waals surface area contributed by atoms with Gasteiger partial charge >= 0.3 is 0 Å². The van der Waals surface area contributed by atoms with Crippen molar-refractivity contribution in [1.29, 1.82) is 0 Å². The third kappa shape index (κ3) is 4.53. The number of carbonyl (C=O) groups excluding carboxylic acids is 1. The number of methoxy groups -OCH3 is 1. The molecule has 0 unspecified atom stereocenters. The summed E-state index contributed by atoms with van der Waals surface area (Å²) in [6, 6.07) is 5.81. The summed E-state index contributed by atoms with van der Waals surface area (Å²) >= 11 is -0.854. The normalized spacial score (nSPS) is 14.5. The maximum Gasteiger partial charge on any atom is 0.271 e. The number of rotatable bonds is 5. The van der Waals surface area contributed by atoms with Gasteiger partial charge < -0.3 is 18.8 Å². The van der Waals surface area contributed by atoms with Crippen LogP contribution in [0.25, 0.3) is 38.9 Å². The van der Waals surface area contributed by atoms with Crippen molar-refractivity contribution in [2.45, 2.75) is 33.6 Å². The summed E-state index contributed by atoms with van der Waals surface area (Å²) in [7, 11) is 3.56. The van der Waals surface area contributed by atoms with Crippen LogP contribution in [0.4, 0.5) is 0 Å². The van der Waals surface area contributed by atoms with Crippen molar-refractivity contribution in [3.05, 3.63) is 59.4 Å². The molecule has 11 heteroatoms. The van der Waals surface area contributed by atoms with Gasteiger partial charge in [-0.3, -0.25) is 14.8 Å². The molecule has 0 saturated carbocycles. The van der Waals surface area contributed by atoms with Crippen LogP contribution in [0, 0.1) is 13.8 Å². The Hall–Kier alpha value is -3.96. The van der Waals surface area contributed by atoms with E-state index in [4.69, 9.17) is 19.8 Å². The lowest BCUT2D eigenvalue weighted by atomic mass is 10.0. The minimum absolute atomic E-state index is 0.0320. The molecule has 6 rings (SSSR count). The first-order chi connectivity index (χ1) is 19.7. The topological polar surface area (TPSA) is 114 Å². The third-order valence-corrected chi connectivity index (χ3v) is 9.18. The zero-order valence-corrected chi connectivity index (χ0v) is 24.9. The predicted octanol–water partition coefficient (Wildman–Crippen LogP) is 4.32. The van der Waals surface area contributed by atoms with Gasteiger partial charge in [-0.1, -0.05) is 25.0 Å². The number of nitrogens with zero attached hydrogens (tertiary/aromatic N) is 7. The quantitative estimate of drug-likeness (QED) is 0.289. The van der Waals surface area contributed by atoms with Gasteiger partial charge in [0.15, 0.2) is 5.82 Å². The Balaban J connectivity index is 1.53. The largest absolute Gasteiger partial charge is 0.616 e. The van der Waals surface area contributed by atoms with Crippen LogP contribution in [0.5, 0.6) is 5.75 Å². The van der Waals surface area contributed by atoms with Crippen molar-refractivity contribution in [3.8, 4) is 22.8 Å². The number of hydrogen-bond donors (Lipinski definition) is 0. The SMILES string of the molecule is COc1ccncc1-c1cc2c(cnn2-c2cc3c(c(C(C)C)n2)c(C)c(C(=O)N2CC[S+]([O-])CC2)n3C)c(C)n1. The molecule has 1 amide bonds. The van der Waals surface area contributed by atoms with Crippen LogP contribution >= 0.6 is 0 Å². The van der Waals surface area contributed by atoms with E-state index in [-0.39, 0.29) is 11.8 Å². The number of aryl methyl sites for hydroxylation is 3.